The largest absolute Gasteiger partial charge is 0.416 e. The highest BCUT2D eigenvalue weighted by molar-refractivity contribution is 5.83. The van der Waals surface area contributed by atoms with E-state index in [9.17, 15) is 31.1 Å². The Balaban J connectivity index is 1.73. The fraction of sp³-hybridized carbons (Fsp3) is 0.720. The molecule has 1 aliphatic carbocycles. The molecule has 198 valence electrons. The lowest BCUT2D eigenvalue weighted by Crippen LogP contribution is -2.52. The first-order valence-electron chi connectivity index (χ1n) is 11.9. The van der Waals surface area contributed by atoms with Crippen LogP contribution in [0.25, 0.3) is 0 Å². The minimum Gasteiger partial charge on any atom is -0.381 e. The second-order valence-corrected chi connectivity index (χ2v) is 10.9. The molecule has 0 radical (unpaired) electrons. The number of hydrogen-bond acceptors (Lipinski definition) is 3. The normalized spacial score (nSPS) is 27.3. The standard InChI is InChI=1S/C25H34F6N2O2/c1-15(2)23(7-5-19(12-23)33-20-6-8-35-14-22(20,3)4)21(34)32-13-16-9-17(24(26,27)28)11-18(10-16)25(29,30)31/h9-11,15,19-20,33H,5-8,12-14H2,1-4H3,(H,32,34)/t19-,20?,23+/m1/s1. The van der Waals surface area contributed by atoms with Crippen molar-refractivity contribution in [1.82, 2.24) is 10.6 Å². The minimum atomic E-state index is -4.93. The van der Waals surface area contributed by atoms with Crippen LogP contribution in [0.15, 0.2) is 18.2 Å². The van der Waals surface area contributed by atoms with Gasteiger partial charge in [0, 0.05) is 30.7 Å². The molecule has 1 aromatic rings. The van der Waals surface area contributed by atoms with Crippen LogP contribution in [0.3, 0.4) is 0 Å². The van der Waals surface area contributed by atoms with E-state index in [0.29, 0.717) is 38.2 Å². The quantitative estimate of drug-likeness (QED) is 0.468. The molecule has 0 spiro atoms. The summed E-state index contributed by atoms with van der Waals surface area (Å²) in [5.41, 5.74) is -3.82. The van der Waals surface area contributed by atoms with E-state index in [1.807, 2.05) is 13.8 Å². The Morgan fingerprint density at radius 2 is 1.66 bits per heavy atom. The predicted octanol–water partition coefficient (Wildman–Crippen LogP) is 5.94. The van der Waals surface area contributed by atoms with Crippen LogP contribution in [0, 0.1) is 16.7 Å². The number of ether oxygens (including phenoxy) is 1. The topological polar surface area (TPSA) is 50.4 Å². The van der Waals surface area contributed by atoms with E-state index in [4.69, 9.17) is 4.74 Å². The molecule has 3 rings (SSSR count). The van der Waals surface area contributed by atoms with Crippen LogP contribution in [-0.4, -0.2) is 31.2 Å². The second kappa shape index (κ2) is 9.92. The molecule has 35 heavy (non-hydrogen) atoms. The van der Waals surface area contributed by atoms with Gasteiger partial charge in [0.15, 0.2) is 0 Å². The van der Waals surface area contributed by atoms with Crippen molar-refractivity contribution in [2.75, 3.05) is 13.2 Å². The third kappa shape index (κ3) is 6.31. The van der Waals surface area contributed by atoms with Crippen LogP contribution in [-0.2, 0) is 28.4 Å². The lowest BCUT2D eigenvalue weighted by atomic mass is 9.74. The fourth-order valence-corrected chi connectivity index (χ4v) is 5.31. The molecular weight excluding hydrogens is 474 g/mol. The van der Waals surface area contributed by atoms with Crippen molar-refractivity contribution in [3.8, 4) is 0 Å². The summed E-state index contributed by atoms with van der Waals surface area (Å²) in [4.78, 5) is 13.3. The summed E-state index contributed by atoms with van der Waals surface area (Å²) >= 11 is 0. The summed E-state index contributed by atoms with van der Waals surface area (Å²) in [7, 11) is 0. The Morgan fingerprint density at radius 1 is 1.06 bits per heavy atom. The van der Waals surface area contributed by atoms with Gasteiger partial charge in [-0.25, -0.2) is 0 Å². The molecule has 1 saturated heterocycles. The van der Waals surface area contributed by atoms with E-state index in [2.05, 4.69) is 24.5 Å². The molecule has 1 unspecified atom stereocenters. The van der Waals surface area contributed by atoms with Crippen LogP contribution in [0.4, 0.5) is 26.3 Å². The van der Waals surface area contributed by atoms with Gasteiger partial charge in [-0.2, -0.15) is 26.3 Å². The van der Waals surface area contributed by atoms with Gasteiger partial charge in [0.05, 0.1) is 23.1 Å². The average molecular weight is 509 g/mol. The molecule has 2 aliphatic rings. The third-order valence-corrected chi connectivity index (χ3v) is 7.61. The highest BCUT2D eigenvalue weighted by Crippen LogP contribution is 2.45. The van der Waals surface area contributed by atoms with E-state index in [1.54, 1.807) is 0 Å². The number of nitrogens with one attached hydrogen (secondary N) is 2. The predicted molar refractivity (Wildman–Crippen MR) is 119 cm³/mol. The molecular formula is C25H34F6N2O2. The van der Waals surface area contributed by atoms with Gasteiger partial charge < -0.3 is 15.4 Å². The van der Waals surface area contributed by atoms with Crippen molar-refractivity contribution in [3.63, 3.8) is 0 Å². The van der Waals surface area contributed by atoms with Crippen molar-refractivity contribution in [2.24, 2.45) is 16.7 Å². The number of rotatable bonds is 6. The molecule has 0 aromatic heterocycles. The van der Waals surface area contributed by atoms with E-state index < -0.39 is 35.4 Å². The molecule has 3 atom stereocenters. The van der Waals surface area contributed by atoms with E-state index in [0.717, 1.165) is 12.8 Å². The van der Waals surface area contributed by atoms with Gasteiger partial charge in [-0.05, 0) is 55.4 Å². The van der Waals surface area contributed by atoms with E-state index in [-0.39, 0.29) is 41.0 Å². The van der Waals surface area contributed by atoms with Crippen LogP contribution in [0.2, 0.25) is 0 Å². The van der Waals surface area contributed by atoms with Crippen LogP contribution < -0.4 is 10.6 Å². The van der Waals surface area contributed by atoms with Crippen molar-refractivity contribution in [1.29, 1.82) is 0 Å². The summed E-state index contributed by atoms with van der Waals surface area (Å²) in [6.45, 7) is 9.01. The van der Waals surface area contributed by atoms with Crippen LogP contribution in [0.1, 0.15) is 70.1 Å². The zero-order chi connectivity index (χ0) is 26.2. The zero-order valence-corrected chi connectivity index (χ0v) is 20.5. The Labute approximate surface area is 202 Å². The van der Waals surface area contributed by atoms with Gasteiger partial charge in [-0.15, -0.1) is 0 Å². The number of alkyl halides is 6. The molecule has 2 N–H and O–H groups in total. The zero-order valence-electron chi connectivity index (χ0n) is 20.5. The Hall–Kier alpha value is -1.81. The number of hydrogen-bond donors (Lipinski definition) is 2. The molecule has 1 saturated carbocycles. The smallest absolute Gasteiger partial charge is 0.381 e. The maximum absolute atomic E-state index is 13.3. The first-order chi connectivity index (χ1) is 16.0. The lowest BCUT2D eigenvalue weighted by Gasteiger charge is -2.41. The van der Waals surface area contributed by atoms with E-state index in [1.165, 1.54) is 0 Å². The highest BCUT2D eigenvalue weighted by atomic mass is 19.4. The minimum absolute atomic E-state index is 0.0516. The van der Waals surface area contributed by atoms with Crippen LogP contribution in [0.5, 0.6) is 0 Å². The SMILES string of the molecule is CC(C)[C@]1(C(=O)NCc2cc(C(F)(F)F)cc(C(F)(F)F)c2)CC[C@@H](NC2CCOCC2(C)C)C1. The number of carbonyl (C=O) groups excluding carboxylic acids is 1. The van der Waals surface area contributed by atoms with Gasteiger partial charge in [-0.1, -0.05) is 27.7 Å². The van der Waals surface area contributed by atoms with Gasteiger partial charge in [-0.3, -0.25) is 4.79 Å². The van der Waals surface area contributed by atoms with Crippen LogP contribution >= 0.6 is 0 Å². The van der Waals surface area contributed by atoms with Gasteiger partial charge in [0.1, 0.15) is 0 Å². The molecule has 1 aliphatic heterocycles. The summed E-state index contributed by atoms with van der Waals surface area (Å²) in [6.07, 6.45) is -7.08. The summed E-state index contributed by atoms with van der Waals surface area (Å²) < 4.78 is 84.6. The molecule has 1 amide bonds. The van der Waals surface area contributed by atoms with Gasteiger partial charge in [0.2, 0.25) is 5.91 Å². The Kier molecular flexibility index (Phi) is 7.87. The molecule has 4 nitrogen and oxygen atoms in total. The maximum Gasteiger partial charge on any atom is 0.416 e. The first-order valence-corrected chi connectivity index (χ1v) is 11.9. The molecule has 0 bridgehead atoms. The number of carbonyl (C=O) groups is 1. The monoisotopic (exact) mass is 508 g/mol. The summed E-state index contributed by atoms with van der Waals surface area (Å²) in [5.74, 6) is -0.391. The summed E-state index contributed by atoms with van der Waals surface area (Å²) in [6, 6.07) is 1.73. The number of halogens is 6. The lowest BCUT2D eigenvalue weighted by molar-refractivity contribution is -0.143. The average Bonchev–Trinajstić information content (AvgIpc) is 3.17. The number of amides is 1. The third-order valence-electron chi connectivity index (χ3n) is 7.61. The van der Waals surface area contributed by atoms with E-state index >= 15 is 0 Å². The van der Waals surface area contributed by atoms with Crippen molar-refractivity contribution in [3.05, 3.63) is 34.9 Å². The van der Waals surface area contributed by atoms with Gasteiger partial charge >= 0.3 is 12.4 Å². The first kappa shape index (κ1) is 27.8. The maximum atomic E-state index is 13.3. The molecule has 1 heterocycles. The van der Waals surface area contributed by atoms with Crippen molar-refractivity contribution in [2.45, 2.75) is 84.4 Å². The Bertz CT molecular complexity index is 880. The summed E-state index contributed by atoms with van der Waals surface area (Å²) in [5, 5.41) is 6.32. The molecule has 2 fully saturated rings. The molecule has 1 aromatic carbocycles. The number of benzene rings is 1. The highest BCUT2D eigenvalue weighted by Gasteiger charge is 2.48. The fourth-order valence-electron chi connectivity index (χ4n) is 5.31. The van der Waals surface area contributed by atoms with Gasteiger partial charge in [0.25, 0.3) is 0 Å². The second-order valence-electron chi connectivity index (χ2n) is 10.9. The molecule has 10 heteroatoms. The van der Waals surface area contributed by atoms with Crippen molar-refractivity contribution >= 4 is 5.91 Å². The Morgan fingerprint density at radius 3 is 2.17 bits per heavy atom. The van der Waals surface area contributed by atoms with Crippen molar-refractivity contribution < 1.29 is 35.9 Å².